The van der Waals surface area contributed by atoms with Gasteiger partial charge in [-0.15, -0.1) is 0 Å². The highest BCUT2D eigenvalue weighted by Crippen LogP contribution is 2.17. The molecule has 0 unspecified atom stereocenters. The third-order valence-electron chi connectivity index (χ3n) is 2.99. The summed E-state index contributed by atoms with van der Waals surface area (Å²) in [6.07, 6.45) is 1.83. The van der Waals surface area contributed by atoms with Gasteiger partial charge in [0.15, 0.2) is 0 Å². The van der Waals surface area contributed by atoms with Crippen LogP contribution in [0, 0.1) is 0 Å². The Morgan fingerprint density at radius 2 is 1.90 bits per heavy atom. The van der Waals surface area contributed by atoms with E-state index in [-0.39, 0.29) is 6.10 Å². The largest absolute Gasteiger partial charge is 0.475 e. The second-order valence-electron chi connectivity index (χ2n) is 5.12. The molecule has 0 atom stereocenters. The summed E-state index contributed by atoms with van der Waals surface area (Å²) in [5.74, 6) is 1.28. The number of rotatable bonds is 6. The van der Waals surface area contributed by atoms with Gasteiger partial charge in [-0.25, -0.2) is 4.98 Å². The molecule has 5 nitrogen and oxygen atoms in total. The van der Waals surface area contributed by atoms with Gasteiger partial charge in [0.25, 0.3) is 0 Å². The highest BCUT2D eigenvalue weighted by atomic mass is 16.5. The van der Waals surface area contributed by atoms with Crippen molar-refractivity contribution in [3.05, 3.63) is 42.1 Å². The van der Waals surface area contributed by atoms with Crippen LogP contribution < -0.4 is 15.4 Å². The third kappa shape index (κ3) is 4.34. The summed E-state index contributed by atoms with van der Waals surface area (Å²) in [5, 5.41) is 0. The lowest BCUT2D eigenvalue weighted by atomic mass is 10.2. The molecule has 2 N–H and O–H groups in total. The predicted molar refractivity (Wildman–Crippen MR) is 85.4 cm³/mol. The van der Waals surface area contributed by atoms with Gasteiger partial charge in [-0.2, -0.15) is 4.98 Å². The molecule has 0 saturated heterocycles. The topological polar surface area (TPSA) is 64.3 Å². The van der Waals surface area contributed by atoms with Crippen molar-refractivity contribution in [3.63, 3.8) is 0 Å². The lowest BCUT2D eigenvalue weighted by Gasteiger charge is -2.21. The van der Waals surface area contributed by atoms with Gasteiger partial charge in [0, 0.05) is 31.0 Å². The minimum Gasteiger partial charge on any atom is -0.475 e. The Hall–Kier alpha value is -2.30. The van der Waals surface area contributed by atoms with E-state index in [1.165, 1.54) is 5.56 Å². The summed E-state index contributed by atoms with van der Waals surface area (Å²) in [6, 6.07) is 9.63. The smallest absolute Gasteiger partial charge is 0.228 e. The minimum absolute atomic E-state index is 0.0972. The molecule has 0 aliphatic carbocycles. The van der Waals surface area contributed by atoms with Crippen LogP contribution in [0.5, 0.6) is 5.88 Å². The van der Waals surface area contributed by atoms with Crippen LogP contribution in [0.1, 0.15) is 26.3 Å². The van der Waals surface area contributed by atoms with Crippen LogP contribution >= 0.6 is 0 Å². The van der Waals surface area contributed by atoms with Gasteiger partial charge in [0.05, 0.1) is 6.10 Å². The van der Waals surface area contributed by atoms with Crippen molar-refractivity contribution in [3.8, 4) is 5.88 Å². The summed E-state index contributed by atoms with van der Waals surface area (Å²) in [6.45, 7) is 7.59. The summed E-state index contributed by atoms with van der Waals surface area (Å²) < 4.78 is 5.62. The van der Waals surface area contributed by atoms with Gasteiger partial charge in [0.1, 0.15) is 0 Å². The molecule has 1 heterocycles. The van der Waals surface area contributed by atoms with Crippen LogP contribution in [0.15, 0.2) is 36.5 Å². The van der Waals surface area contributed by atoms with E-state index in [1.54, 1.807) is 12.3 Å². The predicted octanol–water partition coefficient (Wildman–Crippen LogP) is 2.87. The number of nitrogens with two attached hydrogens (primary N) is 1. The lowest BCUT2D eigenvalue weighted by molar-refractivity contribution is 0.232. The van der Waals surface area contributed by atoms with Gasteiger partial charge in [-0.05, 0) is 38.5 Å². The van der Waals surface area contributed by atoms with Gasteiger partial charge >= 0.3 is 0 Å². The van der Waals surface area contributed by atoms with E-state index in [1.807, 2.05) is 38.1 Å². The molecule has 2 aromatic rings. The Morgan fingerprint density at radius 1 is 1.19 bits per heavy atom. The van der Waals surface area contributed by atoms with Gasteiger partial charge in [-0.1, -0.05) is 12.1 Å². The molecule has 5 heteroatoms. The fourth-order valence-corrected chi connectivity index (χ4v) is 1.96. The highest BCUT2D eigenvalue weighted by Gasteiger charge is 2.10. The first kappa shape index (κ1) is 15.1. The fourth-order valence-electron chi connectivity index (χ4n) is 1.96. The number of nitrogens with zero attached hydrogens (tertiary/aromatic N) is 3. The molecule has 0 amide bonds. The van der Waals surface area contributed by atoms with E-state index >= 15 is 0 Å². The number of hydrogen-bond donors (Lipinski definition) is 1. The zero-order valence-corrected chi connectivity index (χ0v) is 12.8. The Morgan fingerprint density at radius 3 is 2.52 bits per heavy atom. The summed E-state index contributed by atoms with van der Waals surface area (Å²) >= 11 is 0. The second kappa shape index (κ2) is 6.92. The number of benzene rings is 1. The van der Waals surface area contributed by atoms with Crippen LogP contribution in [-0.2, 0) is 6.54 Å². The standard InChI is InChI=1S/C16H22N4O/c1-4-20(11-13-5-7-14(17)8-6-13)16-18-10-9-15(19-16)21-12(2)3/h5-10,12H,4,11,17H2,1-3H3. The van der Waals surface area contributed by atoms with Crippen LogP contribution in [0.3, 0.4) is 0 Å². The molecule has 0 fully saturated rings. The molecular formula is C16H22N4O. The summed E-state index contributed by atoms with van der Waals surface area (Å²) in [4.78, 5) is 10.9. The van der Waals surface area contributed by atoms with Gasteiger partial charge in [-0.3, -0.25) is 0 Å². The minimum atomic E-state index is 0.0972. The Kier molecular flexibility index (Phi) is 4.98. The monoisotopic (exact) mass is 286 g/mol. The van der Waals surface area contributed by atoms with Crippen LogP contribution in [0.4, 0.5) is 11.6 Å². The Labute approximate surface area is 125 Å². The van der Waals surface area contributed by atoms with E-state index < -0.39 is 0 Å². The Bertz CT molecular complexity index is 569. The van der Waals surface area contributed by atoms with E-state index in [4.69, 9.17) is 10.5 Å². The maximum atomic E-state index is 5.71. The van der Waals surface area contributed by atoms with E-state index in [0.29, 0.717) is 11.8 Å². The highest BCUT2D eigenvalue weighted by molar-refractivity contribution is 5.41. The third-order valence-corrected chi connectivity index (χ3v) is 2.99. The van der Waals surface area contributed by atoms with Crippen molar-refractivity contribution >= 4 is 11.6 Å². The summed E-state index contributed by atoms with van der Waals surface area (Å²) in [5.41, 5.74) is 7.65. The average Bonchev–Trinajstić information content (AvgIpc) is 2.46. The van der Waals surface area contributed by atoms with Crippen LogP contribution in [-0.4, -0.2) is 22.6 Å². The number of aromatic nitrogens is 2. The number of ether oxygens (including phenoxy) is 1. The van der Waals surface area contributed by atoms with Crippen molar-refractivity contribution in [1.82, 2.24) is 9.97 Å². The zero-order chi connectivity index (χ0) is 15.2. The molecule has 0 saturated carbocycles. The summed E-state index contributed by atoms with van der Waals surface area (Å²) in [7, 11) is 0. The van der Waals surface area contributed by atoms with Crippen LogP contribution in [0.2, 0.25) is 0 Å². The maximum Gasteiger partial charge on any atom is 0.228 e. The first-order valence-electron chi connectivity index (χ1n) is 7.17. The fraction of sp³-hybridized carbons (Fsp3) is 0.375. The van der Waals surface area contributed by atoms with Crippen LogP contribution in [0.25, 0.3) is 0 Å². The van der Waals surface area contributed by atoms with E-state index in [2.05, 4.69) is 21.8 Å². The van der Waals surface area contributed by atoms with E-state index in [0.717, 1.165) is 18.8 Å². The average molecular weight is 286 g/mol. The quantitative estimate of drug-likeness (QED) is 0.827. The van der Waals surface area contributed by atoms with Crippen molar-refractivity contribution in [2.45, 2.75) is 33.4 Å². The molecule has 0 spiro atoms. The first-order valence-corrected chi connectivity index (χ1v) is 7.17. The molecule has 0 radical (unpaired) electrons. The second-order valence-corrected chi connectivity index (χ2v) is 5.12. The molecule has 2 rings (SSSR count). The molecule has 0 bridgehead atoms. The molecule has 0 aliphatic rings. The number of nitrogen functional groups attached to an aromatic ring is 1. The number of anilines is 2. The molecule has 21 heavy (non-hydrogen) atoms. The van der Waals surface area contributed by atoms with Crippen molar-refractivity contribution in [2.24, 2.45) is 0 Å². The van der Waals surface area contributed by atoms with Crippen molar-refractivity contribution < 1.29 is 4.74 Å². The van der Waals surface area contributed by atoms with Crippen molar-refractivity contribution in [2.75, 3.05) is 17.2 Å². The Balaban J connectivity index is 2.15. The van der Waals surface area contributed by atoms with Crippen molar-refractivity contribution in [1.29, 1.82) is 0 Å². The molecule has 112 valence electrons. The number of hydrogen-bond acceptors (Lipinski definition) is 5. The molecule has 1 aromatic heterocycles. The first-order chi connectivity index (χ1) is 10.1. The molecular weight excluding hydrogens is 264 g/mol. The van der Waals surface area contributed by atoms with Gasteiger partial charge in [0.2, 0.25) is 11.8 Å². The SMILES string of the molecule is CCN(Cc1ccc(N)cc1)c1nccc(OC(C)C)n1. The maximum absolute atomic E-state index is 5.71. The molecule has 0 aliphatic heterocycles. The molecule has 1 aromatic carbocycles. The normalized spacial score (nSPS) is 10.7. The lowest BCUT2D eigenvalue weighted by Crippen LogP contribution is -2.24. The van der Waals surface area contributed by atoms with E-state index in [9.17, 15) is 0 Å². The van der Waals surface area contributed by atoms with Gasteiger partial charge < -0.3 is 15.4 Å². The zero-order valence-electron chi connectivity index (χ0n) is 12.8.